The highest BCUT2D eigenvalue weighted by atomic mass is 16.3. The quantitative estimate of drug-likeness (QED) is 0.927. The van der Waals surface area contributed by atoms with Crippen molar-refractivity contribution in [2.45, 2.75) is 53.1 Å². The molecular weight excluding hydrogens is 264 g/mol. The molecule has 1 aromatic rings. The van der Waals surface area contributed by atoms with Gasteiger partial charge in [0.2, 0.25) is 5.91 Å². The highest BCUT2D eigenvalue weighted by Crippen LogP contribution is 2.34. The van der Waals surface area contributed by atoms with Crippen molar-refractivity contribution in [1.29, 1.82) is 0 Å². The zero-order valence-electron chi connectivity index (χ0n) is 13.7. The van der Waals surface area contributed by atoms with Gasteiger partial charge in [-0.15, -0.1) is 0 Å². The fourth-order valence-electron chi connectivity index (χ4n) is 3.03. The lowest BCUT2D eigenvalue weighted by Crippen LogP contribution is -2.30. The summed E-state index contributed by atoms with van der Waals surface area (Å²) in [6.45, 7) is 8.97. The van der Waals surface area contributed by atoms with Gasteiger partial charge in [-0.05, 0) is 43.4 Å². The highest BCUT2D eigenvalue weighted by Gasteiger charge is 2.30. The van der Waals surface area contributed by atoms with Crippen LogP contribution in [0.2, 0.25) is 0 Å². The second-order valence-electron chi connectivity index (χ2n) is 7.10. The second kappa shape index (κ2) is 6.65. The lowest BCUT2D eigenvalue weighted by atomic mass is 9.77. The number of likely N-dealkylation sites (tertiary alicyclic amines) is 1. The summed E-state index contributed by atoms with van der Waals surface area (Å²) in [5.74, 6) is 2.67. The Morgan fingerprint density at radius 3 is 2.67 bits per heavy atom. The van der Waals surface area contributed by atoms with E-state index in [1.54, 1.807) is 0 Å². The van der Waals surface area contributed by atoms with E-state index in [4.69, 9.17) is 4.42 Å². The SMILES string of the molecule is CNCc1ccc(CN2CCC(C(C)(C)C)CCC2=O)o1. The standard InChI is InChI=1S/C17H28N2O2/c1-17(2,3)13-5-8-16(20)19(10-9-13)12-15-7-6-14(21-15)11-18-4/h6-7,13,18H,5,8-12H2,1-4H3. The Kier molecular flexibility index (Phi) is 5.09. The summed E-state index contributed by atoms with van der Waals surface area (Å²) in [7, 11) is 1.90. The number of rotatable bonds is 4. The van der Waals surface area contributed by atoms with E-state index in [0.29, 0.717) is 18.9 Å². The van der Waals surface area contributed by atoms with Crippen molar-refractivity contribution in [3.63, 3.8) is 0 Å². The average Bonchev–Trinajstić information content (AvgIpc) is 2.74. The third kappa shape index (κ3) is 4.34. The molecular formula is C17H28N2O2. The maximum Gasteiger partial charge on any atom is 0.222 e. The van der Waals surface area contributed by atoms with Crippen LogP contribution in [0.3, 0.4) is 0 Å². The molecule has 4 nitrogen and oxygen atoms in total. The minimum absolute atomic E-state index is 0.258. The number of furan rings is 1. The van der Waals surface area contributed by atoms with Gasteiger partial charge in [0.1, 0.15) is 11.5 Å². The number of hydrogen-bond donors (Lipinski definition) is 1. The van der Waals surface area contributed by atoms with Gasteiger partial charge >= 0.3 is 0 Å². The van der Waals surface area contributed by atoms with Crippen molar-refractivity contribution in [2.75, 3.05) is 13.6 Å². The van der Waals surface area contributed by atoms with Gasteiger partial charge in [0.15, 0.2) is 0 Å². The number of nitrogens with one attached hydrogen (secondary N) is 1. The molecule has 2 heterocycles. The van der Waals surface area contributed by atoms with Gasteiger partial charge in [0.05, 0.1) is 13.1 Å². The molecule has 1 atom stereocenters. The van der Waals surface area contributed by atoms with E-state index in [-0.39, 0.29) is 11.3 Å². The van der Waals surface area contributed by atoms with Crippen molar-refractivity contribution in [2.24, 2.45) is 11.3 Å². The Bertz CT molecular complexity index is 473. The van der Waals surface area contributed by atoms with Crippen molar-refractivity contribution < 1.29 is 9.21 Å². The molecule has 0 aliphatic carbocycles. The molecule has 1 aromatic heterocycles. The van der Waals surface area contributed by atoms with Crippen molar-refractivity contribution in [1.82, 2.24) is 10.2 Å². The van der Waals surface area contributed by atoms with Gasteiger partial charge < -0.3 is 14.6 Å². The summed E-state index contributed by atoms with van der Waals surface area (Å²) in [4.78, 5) is 14.2. The molecule has 2 rings (SSSR count). The highest BCUT2D eigenvalue weighted by molar-refractivity contribution is 5.76. The molecule has 1 unspecified atom stereocenters. The molecule has 4 heteroatoms. The van der Waals surface area contributed by atoms with Gasteiger partial charge in [-0.3, -0.25) is 4.79 Å². The predicted molar refractivity (Wildman–Crippen MR) is 83.7 cm³/mol. The minimum atomic E-state index is 0.258. The Balaban J connectivity index is 1.97. The zero-order valence-corrected chi connectivity index (χ0v) is 13.7. The van der Waals surface area contributed by atoms with Crippen LogP contribution in [0.5, 0.6) is 0 Å². The minimum Gasteiger partial charge on any atom is -0.463 e. The van der Waals surface area contributed by atoms with Gasteiger partial charge in [-0.2, -0.15) is 0 Å². The molecule has 0 saturated carbocycles. The number of amides is 1. The smallest absolute Gasteiger partial charge is 0.222 e. The number of carbonyl (C=O) groups is 1. The molecule has 21 heavy (non-hydrogen) atoms. The summed E-state index contributed by atoms with van der Waals surface area (Å²) in [6, 6.07) is 3.96. The maximum absolute atomic E-state index is 12.3. The van der Waals surface area contributed by atoms with Gasteiger partial charge in [-0.25, -0.2) is 0 Å². The lowest BCUT2D eigenvalue weighted by Gasteiger charge is -2.29. The third-order valence-electron chi connectivity index (χ3n) is 4.45. The summed E-state index contributed by atoms with van der Waals surface area (Å²) < 4.78 is 5.75. The van der Waals surface area contributed by atoms with E-state index in [1.807, 2.05) is 24.1 Å². The van der Waals surface area contributed by atoms with Crippen LogP contribution in [0, 0.1) is 11.3 Å². The van der Waals surface area contributed by atoms with Crippen molar-refractivity contribution in [3.8, 4) is 0 Å². The van der Waals surface area contributed by atoms with E-state index >= 15 is 0 Å². The van der Waals surface area contributed by atoms with E-state index in [1.165, 1.54) is 0 Å². The van der Waals surface area contributed by atoms with Gasteiger partial charge in [0, 0.05) is 13.0 Å². The fourth-order valence-corrected chi connectivity index (χ4v) is 3.03. The van der Waals surface area contributed by atoms with Gasteiger partial charge in [0.25, 0.3) is 0 Å². The van der Waals surface area contributed by atoms with Crippen LogP contribution >= 0.6 is 0 Å². The second-order valence-corrected chi connectivity index (χ2v) is 7.10. The predicted octanol–water partition coefficient (Wildman–Crippen LogP) is 3.17. The van der Waals surface area contributed by atoms with E-state index in [9.17, 15) is 4.79 Å². The molecule has 0 radical (unpaired) electrons. The summed E-state index contributed by atoms with van der Waals surface area (Å²) in [5, 5.41) is 3.07. The van der Waals surface area contributed by atoms with Crippen LogP contribution in [0.1, 0.15) is 51.6 Å². The summed E-state index contributed by atoms with van der Waals surface area (Å²) >= 11 is 0. The molecule has 1 fully saturated rings. The Labute approximate surface area is 127 Å². The van der Waals surface area contributed by atoms with Gasteiger partial charge in [-0.1, -0.05) is 20.8 Å². The maximum atomic E-state index is 12.3. The van der Waals surface area contributed by atoms with Crippen LogP contribution in [-0.4, -0.2) is 24.4 Å². The average molecular weight is 292 g/mol. The number of carbonyl (C=O) groups excluding carboxylic acids is 1. The zero-order chi connectivity index (χ0) is 15.5. The fraction of sp³-hybridized carbons (Fsp3) is 0.706. The topological polar surface area (TPSA) is 45.5 Å². The Hall–Kier alpha value is -1.29. The molecule has 0 aromatic carbocycles. The molecule has 1 saturated heterocycles. The molecule has 0 bridgehead atoms. The van der Waals surface area contributed by atoms with Crippen molar-refractivity contribution in [3.05, 3.63) is 23.7 Å². The third-order valence-corrected chi connectivity index (χ3v) is 4.45. The molecule has 118 valence electrons. The first kappa shape index (κ1) is 16.1. The molecule has 1 amide bonds. The van der Waals surface area contributed by atoms with E-state index in [0.717, 1.165) is 37.5 Å². The van der Waals surface area contributed by atoms with Crippen LogP contribution in [0.25, 0.3) is 0 Å². The van der Waals surface area contributed by atoms with Crippen LogP contribution < -0.4 is 5.32 Å². The van der Waals surface area contributed by atoms with Crippen molar-refractivity contribution >= 4 is 5.91 Å². The van der Waals surface area contributed by atoms with Crippen LogP contribution in [-0.2, 0) is 17.9 Å². The van der Waals surface area contributed by atoms with Crippen LogP contribution in [0.15, 0.2) is 16.5 Å². The van der Waals surface area contributed by atoms with E-state index < -0.39 is 0 Å². The monoisotopic (exact) mass is 292 g/mol. The van der Waals surface area contributed by atoms with E-state index in [2.05, 4.69) is 26.1 Å². The normalized spacial score (nSPS) is 20.7. The lowest BCUT2D eigenvalue weighted by molar-refractivity contribution is -0.131. The molecule has 1 N–H and O–H groups in total. The molecule has 0 spiro atoms. The number of nitrogens with zero attached hydrogens (tertiary/aromatic N) is 1. The van der Waals surface area contributed by atoms with Crippen LogP contribution in [0.4, 0.5) is 0 Å². The Morgan fingerprint density at radius 1 is 1.29 bits per heavy atom. The largest absolute Gasteiger partial charge is 0.463 e. The first-order valence-electron chi connectivity index (χ1n) is 7.90. The summed E-state index contributed by atoms with van der Waals surface area (Å²) in [5.41, 5.74) is 0.279. The number of hydrogen-bond acceptors (Lipinski definition) is 3. The first-order chi connectivity index (χ1) is 9.90. The molecule has 1 aliphatic heterocycles. The first-order valence-corrected chi connectivity index (χ1v) is 7.90. The summed E-state index contributed by atoms with van der Waals surface area (Å²) in [6.07, 6.45) is 2.74. The Morgan fingerprint density at radius 2 is 2.00 bits per heavy atom. The molecule has 1 aliphatic rings.